The first-order valence-electron chi connectivity index (χ1n) is 6.90. The second kappa shape index (κ2) is 6.85. The Balaban J connectivity index is 2.68. The SMILES string of the molecule is CC(=O)CCC(C=CC1(CO)CCC(=O)O1)C(C)C. The molecule has 1 saturated heterocycles. The summed E-state index contributed by atoms with van der Waals surface area (Å²) in [6.07, 6.45) is 6.02. The molecule has 0 aliphatic carbocycles. The molecule has 4 heteroatoms. The largest absolute Gasteiger partial charge is 0.452 e. The van der Waals surface area contributed by atoms with E-state index in [1.165, 1.54) is 0 Å². The van der Waals surface area contributed by atoms with Gasteiger partial charge in [-0.2, -0.15) is 0 Å². The van der Waals surface area contributed by atoms with E-state index >= 15 is 0 Å². The van der Waals surface area contributed by atoms with Gasteiger partial charge in [0.05, 0.1) is 6.61 Å². The van der Waals surface area contributed by atoms with Gasteiger partial charge in [-0.1, -0.05) is 19.9 Å². The van der Waals surface area contributed by atoms with Crippen LogP contribution >= 0.6 is 0 Å². The fourth-order valence-electron chi connectivity index (χ4n) is 2.24. The van der Waals surface area contributed by atoms with Crippen LogP contribution in [0.25, 0.3) is 0 Å². The Hall–Kier alpha value is -1.16. The summed E-state index contributed by atoms with van der Waals surface area (Å²) in [6.45, 7) is 5.60. The number of rotatable bonds is 7. The van der Waals surface area contributed by atoms with Crippen molar-refractivity contribution in [2.45, 2.75) is 52.1 Å². The van der Waals surface area contributed by atoms with Crippen LogP contribution in [0.5, 0.6) is 0 Å². The van der Waals surface area contributed by atoms with Crippen LogP contribution in [0.1, 0.15) is 46.5 Å². The molecule has 0 aromatic carbocycles. The van der Waals surface area contributed by atoms with Gasteiger partial charge in [-0.15, -0.1) is 0 Å². The van der Waals surface area contributed by atoms with E-state index in [9.17, 15) is 14.7 Å². The molecule has 1 fully saturated rings. The molecule has 1 aliphatic heterocycles. The predicted octanol–water partition coefficient (Wildman–Crippen LogP) is 2.25. The van der Waals surface area contributed by atoms with E-state index in [1.807, 2.05) is 12.2 Å². The number of carbonyl (C=O) groups excluding carboxylic acids is 2. The number of esters is 1. The first-order valence-corrected chi connectivity index (χ1v) is 6.90. The summed E-state index contributed by atoms with van der Waals surface area (Å²) >= 11 is 0. The Morgan fingerprint density at radius 2 is 2.21 bits per heavy atom. The van der Waals surface area contributed by atoms with Gasteiger partial charge in [-0.3, -0.25) is 4.79 Å². The molecule has 4 nitrogen and oxygen atoms in total. The fourth-order valence-corrected chi connectivity index (χ4v) is 2.24. The molecule has 1 aliphatic rings. The Kier molecular flexibility index (Phi) is 5.73. The number of hydrogen-bond acceptors (Lipinski definition) is 4. The van der Waals surface area contributed by atoms with Crippen molar-refractivity contribution in [1.29, 1.82) is 0 Å². The minimum Gasteiger partial charge on any atom is -0.452 e. The molecule has 1 heterocycles. The Morgan fingerprint density at radius 1 is 1.53 bits per heavy atom. The first-order chi connectivity index (χ1) is 8.88. The Bertz CT molecular complexity index is 359. The van der Waals surface area contributed by atoms with Crippen molar-refractivity contribution in [3.8, 4) is 0 Å². The van der Waals surface area contributed by atoms with Gasteiger partial charge in [-0.05, 0) is 31.3 Å². The normalized spacial score (nSPS) is 25.0. The molecule has 19 heavy (non-hydrogen) atoms. The lowest BCUT2D eigenvalue weighted by Gasteiger charge is -2.23. The molecule has 0 saturated carbocycles. The highest BCUT2D eigenvalue weighted by Crippen LogP contribution is 2.29. The number of ketones is 1. The lowest BCUT2D eigenvalue weighted by atomic mass is 9.88. The van der Waals surface area contributed by atoms with Crippen molar-refractivity contribution in [3.05, 3.63) is 12.2 Å². The zero-order valence-corrected chi connectivity index (χ0v) is 12.0. The van der Waals surface area contributed by atoms with Gasteiger partial charge in [0, 0.05) is 19.3 Å². The highest BCUT2D eigenvalue weighted by molar-refractivity contribution is 5.75. The van der Waals surface area contributed by atoms with E-state index in [0.717, 1.165) is 6.42 Å². The average Bonchev–Trinajstić information content (AvgIpc) is 2.71. The van der Waals surface area contributed by atoms with Gasteiger partial charge in [0.2, 0.25) is 0 Å². The van der Waals surface area contributed by atoms with Crippen LogP contribution in [0.2, 0.25) is 0 Å². The maximum absolute atomic E-state index is 11.2. The summed E-state index contributed by atoms with van der Waals surface area (Å²) < 4.78 is 5.21. The zero-order chi connectivity index (χ0) is 14.5. The molecule has 0 bridgehead atoms. The Labute approximate surface area is 114 Å². The molecule has 1 N–H and O–H groups in total. The van der Waals surface area contributed by atoms with Crippen LogP contribution in [-0.4, -0.2) is 29.1 Å². The molecule has 108 valence electrons. The van der Waals surface area contributed by atoms with Crippen LogP contribution in [0.3, 0.4) is 0 Å². The summed E-state index contributed by atoms with van der Waals surface area (Å²) in [5.41, 5.74) is -0.847. The van der Waals surface area contributed by atoms with Crippen molar-refractivity contribution in [2.24, 2.45) is 11.8 Å². The molecular weight excluding hydrogens is 244 g/mol. The van der Waals surface area contributed by atoms with Crippen molar-refractivity contribution in [2.75, 3.05) is 6.61 Å². The van der Waals surface area contributed by atoms with Gasteiger partial charge in [-0.25, -0.2) is 0 Å². The third-order valence-corrected chi connectivity index (χ3v) is 3.67. The van der Waals surface area contributed by atoms with Crippen LogP contribution in [0.15, 0.2) is 12.2 Å². The second-order valence-electron chi connectivity index (χ2n) is 5.70. The smallest absolute Gasteiger partial charge is 0.306 e. The summed E-state index contributed by atoms with van der Waals surface area (Å²) in [7, 11) is 0. The Morgan fingerprint density at radius 3 is 2.63 bits per heavy atom. The van der Waals surface area contributed by atoms with Gasteiger partial charge >= 0.3 is 5.97 Å². The standard InChI is InChI=1S/C15H24O4/c1-11(2)13(5-4-12(3)17)6-8-15(10-16)9-7-14(18)19-15/h6,8,11,13,16H,4-5,7,9-10H2,1-3H3. The predicted molar refractivity (Wildman–Crippen MR) is 72.5 cm³/mol. The number of allylic oxidation sites excluding steroid dienone is 1. The molecule has 0 radical (unpaired) electrons. The molecule has 0 aromatic rings. The molecule has 2 unspecified atom stereocenters. The van der Waals surface area contributed by atoms with Gasteiger partial charge < -0.3 is 14.6 Å². The van der Waals surface area contributed by atoms with E-state index in [2.05, 4.69) is 13.8 Å². The number of aliphatic hydroxyl groups is 1. The average molecular weight is 268 g/mol. The number of carbonyl (C=O) groups is 2. The van der Waals surface area contributed by atoms with Crippen LogP contribution in [0.4, 0.5) is 0 Å². The maximum atomic E-state index is 11.2. The molecule has 2 atom stereocenters. The third kappa shape index (κ3) is 4.78. The van der Waals surface area contributed by atoms with E-state index in [1.54, 1.807) is 6.92 Å². The number of hydrogen-bond donors (Lipinski definition) is 1. The molecular formula is C15H24O4. The van der Waals surface area contributed by atoms with Crippen LogP contribution in [-0.2, 0) is 14.3 Å². The fraction of sp³-hybridized carbons (Fsp3) is 0.733. The quantitative estimate of drug-likeness (QED) is 0.568. The number of Topliss-reactive ketones (excluding diaryl/α,β-unsaturated/α-hetero) is 1. The van der Waals surface area contributed by atoms with Gasteiger partial charge in [0.15, 0.2) is 5.60 Å². The number of cyclic esters (lactones) is 1. The van der Waals surface area contributed by atoms with E-state index in [0.29, 0.717) is 25.2 Å². The van der Waals surface area contributed by atoms with Crippen molar-refractivity contribution in [1.82, 2.24) is 0 Å². The lowest BCUT2D eigenvalue weighted by molar-refractivity contribution is -0.147. The maximum Gasteiger partial charge on any atom is 0.306 e. The van der Waals surface area contributed by atoms with Crippen molar-refractivity contribution in [3.63, 3.8) is 0 Å². The monoisotopic (exact) mass is 268 g/mol. The number of ether oxygens (including phenoxy) is 1. The van der Waals surface area contributed by atoms with Gasteiger partial charge in [0.1, 0.15) is 5.78 Å². The highest BCUT2D eigenvalue weighted by atomic mass is 16.6. The van der Waals surface area contributed by atoms with E-state index in [-0.39, 0.29) is 24.3 Å². The first kappa shape index (κ1) is 15.9. The van der Waals surface area contributed by atoms with E-state index < -0.39 is 5.60 Å². The molecule has 0 aromatic heterocycles. The second-order valence-corrected chi connectivity index (χ2v) is 5.70. The molecule has 0 spiro atoms. The highest BCUT2D eigenvalue weighted by Gasteiger charge is 2.37. The third-order valence-electron chi connectivity index (χ3n) is 3.67. The topological polar surface area (TPSA) is 63.6 Å². The molecule has 1 rings (SSSR count). The minimum atomic E-state index is -0.847. The summed E-state index contributed by atoms with van der Waals surface area (Å²) in [4.78, 5) is 22.3. The van der Waals surface area contributed by atoms with E-state index in [4.69, 9.17) is 4.74 Å². The lowest BCUT2D eigenvalue weighted by Crippen LogP contribution is -2.30. The summed E-state index contributed by atoms with van der Waals surface area (Å²) in [5.74, 6) is 0.585. The van der Waals surface area contributed by atoms with Crippen LogP contribution in [0, 0.1) is 11.8 Å². The van der Waals surface area contributed by atoms with Crippen molar-refractivity contribution >= 4 is 11.8 Å². The zero-order valence-electron chi connectivity index (χ0n) is 12.0. The van der Waals surface area contributed by atoms with Crippen molar-refractivity contribution < 1.29 is 19.4 Å². The minimum absolute atomic E-state index is 0.184. The molecule has 0 amide bonds. The number of aliphatic hydroxyl groups excluding tert-OH is 1. The summed E-state index contributed by atoms with van der Waals surface area (Å²) in [6, 6.07) is 0. The van der Waals surface area contributed by atoms with Crippen LogP contribution < -0.4 is 0 Å². The summed E-state index contributed by atoms with van der Waals surface area (Å²) in [5, 5.41) is 9.42. The van der Waals surface area contributed by atoms with Gasteiger partial charge in [0.25, 0.3) is 0 Å².